The Morgan fingerprint density at radius 1 is 0.929 bits per heavy atom. The van der Waals surface area contributed by atoms with Crippen LogP contribution < -0.4 is 0 Å². The van der Waals surface area contributed by atoms with Gasteiger partial charge in [-0.2, -0.15) is 0 Å². The number of rotatable bonds is 4. The van der Waals surface area contributed by atoms with Crippen LogP contribution in [0, 0.1) is 22.7 Å². The van der Waals surface area contributed by atoms with Crippen molar-refractivity contribution in [1.82, 2.24) is 0 Å². The van der Waals surface area contributed by atoms with Gasteiger partial charge in [-0.3, -0.25) is 0 Å². The van der Waals surface area contributed by atoms with Crippen molar-refractivity contribution >= 4 is 0 Å². The summed E-state index contributed by atoms with van der Waals surface area (Å²) in [6, 6.07) is 21.3. The second-order valence-electron chi connectivity index (χ2n) is 9.90. The molecule has 2 aromatic carbocycles. The molecule has 2 aromatic rings. The lowest BCUT2D eigenvalue weighted by Gasteiger charge is -2.42. The molecule has 1 saturated heterocycles. The molecule has 0 N–H and O–H groups in total. The maximum atomic E-state index is 7.00. The molecule has 0 radical (unpaired) electrons. The van der Waals surface area contributed by atoms with Gasteiger partial charge in [-0.05, 0) is 53.1 Å². The number of benzene rings is 2. The van der Waals surface area contributed by atoms with Crippen LogP contribution >= 0.6 is 0 Å². The molecule has 0 spiro atoms. The Labute approximate surface area is 169 Å². The minimum atomic E-state index is -0.563. The Morgan fingerprint density at radius 3 is 2.00 bits per heavy atom. The SMILES string of the molecule is COC(c1ccccc1)(c1ccccc1)[C@H]1C[C@@H]2[C@H]3CC[C@@](C)([C@@H]2O1)C3(C)C. The number of hydrogen-bond donors (Lipinski definition) is 0. The van der Waals surface area contributed by atoms with E-state index >= 15 is 0 Å². The summed E-state index contributed by atoms with van der Waals surface area (Å²) in [5, 5.41) is 0. The van der Waals surface area contributed by atoms with Gasteiger partial charge in [-0.15, -0.1) is 0 Å². The topological polar surface area (TPSA) is 18.5 Å². The molecule has 2 heteroatoms. The summed E-state index contributed by atoms with van der Waals surface area (Å²) in [5.41, 5.74) is 2.44. The fourth-order valence-corrected chi connectivity index (χ4v) is 7.06. The fourth-order valence-electron chi connectivity index (χ4n) is 7.06. The van der Waals surface area contributed by atoms with E-state index in [1.165, 1.54) is 24.0 Å². The highest BCUT2D eigenvalue weighted by molar-refractivity contribution is 5.39. The summed E-state index contributed by atoms with van der Waals surface area (Å²) >= 11 is 0. The normalized spacial score (nSPS) is 35.9. The first kappa shape index (κ1) is 18.4. The van der Waals surface area contributed by atoms with Gasteiger partial charge in [-0.1, -0.05) is 81.4 Å². The van der Waals surface area contributed by atoms with Gasteiger partial charge in [0.2, 0.25) is 0 Å². The maximum absolute atomic E-state index is 7.00. The Hall–Kier alpha value is -1.64. The quantitative estimate of drug-likeness (QED) is 0.671. The average Bonchev–Trinajstić information content (AvgIpc) is 3.30. The number of hydrogen-bond acceptors (Lipinski definition) is 2. The molecule has 2 bridgehead atoms. The molecule has 0 aromatic heterocycles. The smallest absolute Gasteiger partial charge is 0.144 e. The molecule has 148 valence electrons. The van der Waals surface area contributed by atoms with Crippen LogP contribution in [0.1, 0.15) is 51.2 Å². The van der Waals surface area contributed by atoms with Gasteiger partial charge in [0.25, 0.3) is 0 Å². The minimum absolute atomic E-state index is 0.0355. The van der Waals surface area contributed by atoms with E-state index in [4.69, 9.17) is 9.47 Å². The van der Waals surface area contributed by atoms with Gasteiger partial charge in [0.15, 0.2) is 0 Å². The van der Waals surface area contributed by atoms with Crippen molar-refractivity contribution in [2.45, 2.75) is 57.8 Å². The van der Waals surface area contributed by atoms with Crippen LogP contribution in [-0.4, -0.2) is 19.3 Å². The van der Waals surface area contributed by atoms with Crippen LogP contribution in [0.4, 0.5) is 0 Å². The van der Waals surface area contributed by atoms with Crippen LogP contribution in [0.3, 0.4) is 0 Å². The van der Waals surface area contributed by atoms with Crippen molar-refractivity contribution in [3.63, 3.8) is 0 Å². The third-order valence-corrected chi connectivity index (χ3v) is 8.89. The van der Waals surface area contributed by atoms with Gasteiger partial charge in [0, 0.05) is 7.11 Å². The lowest BCUT2D eigenvalue weighted by molar-refractivity contribution is -0.135. The third kappa shape index (κ3) is 2.16. The largest absolute Gasteiger partial charge is 0.370 e. The van der Waals surface area contributed by atoms with Crippen LogP contribution in [0.2, 0.25) is 0 Å². The summed E-state index contributed by atoms with van der Waals surface area (Å²) in [6.45, 7) is 7.41. The molecule has 1 aliphatic heterocycles. The zero-order valence-electron chi connectivity index (χ0n) is 17.5. The van der Waals surface area contributed by atoms with Crippen LogP contribution in [-0.2, 0) is 15.1 Å². The van der Waals surface area contributed by atoms with Crippen molar-refractivity contribution < 1.29 is 9.47 Å². The molecule has 2 aliphatic carbocycles. The molecule has 3 fully saturated rings. The monoisotopic (exact) mass is 376 g/mol. The van der Waals surface area contributed by atoms with E-state index in [-0.39, 0.29) is 11.5 Å². The summed E-state index contributed by atoms with van der Waals surface area (Å²) in [7, 11) is 1.84. The average molecular weight is 377 g/mol. The van der Waals surface area contributed by atoms with Crippen molar-refractivity contribution in [2.75, 3.05) is 7.11 Å². The Balaban J connectivity index is 1.60. The molecule has 1 heterocycles. The summed E-state index contributed by atoms with van der Waals surface area (Å²) in [4.78, 5) is 0. The Kier molecular flexibility index (Phi) is 4.06. The maximum Gasteiger partial charge on any atom is 0.144 e. The van der Waals surface area contributed by atoms with Crippen molar-refractivity contribution in [2.24, 2.45) is 22.7 Å². The summed E-state index contributed by atoms with van der Waals surface area (Å²) in [6.07, 6.45) is 4.08. The molecule has 0 amide bonds. The first-order chi connectivity index (χ1) is 13.4. The zero-order chi connectivity index (χ0) is 19.6. The lowest BCUT2D eigenvalue weighted by atomic mass is 9.70. The highest BCUT2D eigenvalue weighted by Crippen LogP contribution is 2.72. The van der Waals surface area contributed by atoms with Gasteiger partial charge in [-0.25, -0.2) is 0 Å². The zero-order valence-corrected chi connectivity index (χ0v) is 17.5. The van der Waals surface area contributed by atoms with Gasteiger partial charge >= 0.3 is 0 Å². The molecular weight excluding hydrogens is 344 g/mol. The predicted molar refractivity (Wildman–Crippen MR) is 112 cm³/mol. The molecule has 28 heavy (non-hydrogen) atoms. The third-order valence-electron chi connectivity index (χ3n) is 8.89. The Morgan fingerprint density at radius 2 is 1.50 bits per heavy atom. The standard InChI is InChI=1S/C26H32O2/c1-24(2)21-15-16-25(24,3)23-20(21)17-22(28-23)26(27-4,18-11-7-5-8-12-18)19-13-9-6-10-14-19/h5-14,20-23H,15-17H2,1-4H3/t20-,21-,22-,23-,25+/m1/s1. The highest BCUT2D eigenvalue weighted by atomic mass is 16.6. The fraction of sp³-hybridized carbons (Fsp3) is 0.538. The molecule has 5 atom stereocenters. The van der Waals surface area contributed by atoms with Crippen molar-refractivity contribution in [3.8, 4) is 0 Å². The first-order valence-corrected chi connectivity index (χ1v) is 10.8. The lowest BCUT2D eigenvalue weighted by Crippen LogP contribution is -2.45. The highest BCUT2D eigenvalue weighted by Gasteiger charge is 2.70. The van der Waals surface area contributed by atoms with Gasteiger partial charge < -0.3 is 9.47 Å². The van der Waals surface area contributed by atoms with E-state index in [9.17, 15) is 0 Å². The summed E-state index contributed by atoms with van der Waals surface area (Å²) in [5.74, 6) is 1.40. The van der Waals surface area contributed by atoms with E-state index < -0.39 is 5.60 Å². The van der Waals surface area contributed by atoms with E-state index in [0.29, 0.717) is 17.4 Å². The number of fused-ring (bicyclic) bond motifs is 5. The van der Waals surface area contributed by atoms with E-state index in [1.54, 1.807) is 0 Å². The van der Waals surface area contributed by atoms with Crippen LogP contribution in [0.5, 0.6) is 0 Å². The van der Waals surface area contributed by atoms with Gasteiger partial charge in [0.1, 0.15) is 5.60 Å². The van der Waals surface area contributed by atoms with Gasteiger partial charge in [0.05, 0.1) is 12.2 Å². The molecule has 3 aliphatic rings. The second-order valence-corrected chi connectivity index (χ2v) is 9.90. The van der Waals surface area contributed by atoms with Crippen molar-refractivity contribution in [3.05, 3.63) is 71.8 Å². The number of methoxy groups -OCH3 is 1. The molecule has 5 rings (SSSR count). The molecule has 0 unspecified atom stereocenters. The van der Waals surface area contributed by atoms with E-state index in [1.807, 2.05) is 7.11 Å². The predicted octanol–water partition coefficient (Wildman–Crippen LogP) is 5.81. The Bertz CT molecular complexity index is 804. The molecule has 2 saturated carbocycles. The first-order valence-electron chi connectivity index (χ1n) is 10.8. The van der Waals surface area contributed by atoms with Crippen LogP contribution in [0.15, 0.2) is 60.7 Å². The number of ether oxygens (including phenoxy) is 2. The van der Waals surface area contributed by atoms with E-state index in [2.05, 4.69) is 81.4 Å². The van der Waals surface area contributed by atoms with Crippen LogP contribution in [0.25, 0.3) is 0 Å². The second kappa shape index (κ2) is 6.18. The molecular formula is C26H32O2. The summed E-state index contributed by atoms with van der Waals surface area (Å²) < 4.78 is 13.4. The van der Waals surface area contributed by atoms with Crippen molar-refractivity contribution in [1.29, 1.82) is 0 Å². The minimum Gasteiger partial charge on any atom is -0.370 e. The molecule has 2 nitrogen and oxygen atoms in total. The van der Waals surface area contributed by atoms with E-state index in [0.717, 1.165) is 12.3 Å².